The van der Waals surface area contributed by atoms with Crippen LogP contribution in [0.5, 0.6) is 5.75 Å². The summed E-state index contributed by atoms with van der Waals surface area (Å²) in [7, 11) is 0. The smallest absolute Gasteiger partial charge is 0.260 e. The van der Waals surface area contributed by atoms with E-state index in [4.69, 9.17) is 4.74 Å². The second-order valence-corrected chi connectivity index (χ2v) is 8.05. The SMILES string of the molecule is CCN(C(=O)c1ccccc1NC(=O)c1ccc(OC(C)C)c(Br)c1)c1ccccc1. The number of halogens is 1. The monoisotopic (exact) mass is 480 g/mol. The molecule has 3 aromatic rings. The minimum absolute atomic E-state index is 0.0278. The fourth-order valence-corrected chi connectivity index (χ4v) is 3.63. The number of nitrogens with zero attached hydrogens (tertiary/aromatic N) is 1. The zero-order valence-electron chi connectivity index (χ0n) is 17.8. The average molecular weight is 481 g/mol. The fraction of sp³-hybridized carbons (Fsp3) is 0.200. The lowest BCUT2D eigenvalue weighted by Gasteiger charge is -2.22. The Morgan fingerprint density at radius 2 is 1.68 bits per heavy atom. The van der Waals surface area contributed by atoms with Gasteiger partial charge < -0.3 is 15.0 Å². The zero-order valence-corrected chi connectivity index (χ0v) is 19.3. The molecule has 0 fully saturated rings. The Bertz CT molecular complexity index is 1070. The molecule has 0 saturated heterocycles. The quantitative estimate of drug-likeness (QED) is 0.440. The first kappa shape index (κ1) is 22.6. The number of benzene rings is 3. The first-order chi connectivity index (χ1) is 14.9. The van der Waals surface area contributed by atoms with E-state index < -0.39 is 0 Å². The standard InChI is InChI=1S/C25H25BrN2O3/c1-4-28(19-10-6-5-7-11-19)25(30)20-12-8-9-13-22(20)27-24(29)18-14-15-23(21(26)16-18)31-17(2)3/h5-17H,4H2,1-3H3,(H,27,29). The van der Waals surface area contributed by atoms with Crippen molar-refractivity contribution in [1.29, 1.82) is 0 Å². The van der Waals surface area contributed by atoms with E-state index >= 15 is 0 Å². The molecule has 0 aliphatic rings. The van der Waals surface area contributed by atoms with Gasteiger partial charge in [-0.05, 0) is 79.2 Å². The lowest BCUT2D eigenvalue weighted by atomic mass is 10.1. The Morgan fingerprint density at radius 1 is 1.00 bits per heavy atom. The topological polar surface area (TPSA) is 58.6 Å². The van der Waals surface area contributed by atoms with Crippen LogP contribution in [0.25, 0.3) is 0 Å². The highest BCUT2D eigenvalue weighted by Gasteiger charge is 2.20. The molecule has 0 atom stereocenters. The number of hydrogen-bond acceptors (Lipinski definition) is 3. The van der Waals surface area contributed by atoms with E-state index in [1.165, 1.54) is 0 Å². The van der Waals surface area contributed by atoms with Crippen molar-refractivity contribution < 1.29 is 14.3 Å². The van der Waals surface area contributed by atoms with E-state index in [1.807, 2.05) is 51.1 Å². The van der Waals surface area contributed by atoms with Crippen LogP contribution in [0.15, 0.2) is 77.3 Å². The van der Waals surface area contributed by atoms with Crippen LogP contribution in [-0.4, -0.2) is 24.5 Å². The van der Waals surface area contributed by atoms with Crippen LogP contribution in [0.2, 0.25) is 0 Å². The minimum atomic E-state index is -0.306. The Morgan fingerprint density at radius 3 is 2.32 bits per heavy atom. The van der Waals surface area contributed by atoms with Crippen molar-refractivity contribution in [2.24, 2.45) is 0 Å². The molecular weight excluding hydrogens is 456 g/mol. The summed E-state index contributed by atoms with van der Waals surface area (Å²) in [5, 5.41) is 2.88. The lowest BCUT2D eigenvalue weighted by molar-refractivity contribution is 0.0989. The van der Waals surface area contributed by atoms with E-state index in [1.54, 1.807) is 47.4 Å². The first-order valence-corrected chi connectivity index (χ1v) is 10.9. The van der Waals surface area contributed by atoms with Gasteiger partial charge in [0.15, 0.2) is 0 Å². The molecule has 0 radical (unpaired) electrons. The molecule has 0 aliphatic carbocycles. The van der Waals surface area contributed by atoms with Crippen LogP contribution in [0.3, 0.4) is 0 Å². The second kappa shape index (κ2) is 10.3. The summed E-state index contributed by atoms with van der Waals surface area (Å²) in [6, 6.07) is 21.7. The maximum Gasteiger partial charge on any atom is 0.260 e. The summed E-state index contributed by atoms with van der Waals surface area (Å²) < 4.78 is 6.39. The maximum atomic E-state index is 13.3. The minimum Gasteiger partial charge on any atom is -0.490 e. The molecule has 1 N–H and O–H groups in total. The van der Waals surface area contributed by atoms with Crippen LogP contribution in [0, 0.1) is 0 Å². The van der Waals surface area contributed by atoms with Crippen molar-refractivity contribution in [3.63, 3.8) is 0 Å². The van der Waals surface area contributed by atoms with Gasteiger partial charge in [-0.1, -0.05) is 30.3 Å². The number of rotatable bonds is 7. The number of anilines is 2. The number of amides is 2. The Kier molecular flexibility index (Phi) is 7.47. The van der Waals surface area contributed by atoms with Crippen molar-refractivity contribution >= 4 is 39.1 Å². The summed E-state index contributed by atoms with van der Waals surface area (Å²) in [6.45, 7) is 6.31. The van der Waals surface area contributed by atoms with Gasteiger partial charge in [0.2, 0.25) is 0 Å². The third-order valence-electron chi connectivity index (χ3n) is 4.59. The second-order valence-electron chi connectivity index (χ2n) is 7.20. The van der Waals surface area contributed by atoms with E-state index in [0.717, 1.165) is 5.69 Å². The Balaban J connectivity index is 1.84. The van der Waals surface area contributed by atoms with Crippen molar-refractivity contribution in [3.8, 4) is 5.75 Å². The van der Waals surface area contributed by atoms with Gasteiger partial charge in [-0.25, -0.2) is 0 Å². The molecule has 31 heavy (non-hydrogen) atoms. The number of carbonyl (C=O) groups is 2. The summed E-state index contributed by atoms with van der Waals surface area (Å²) in [4.78, 5) is 27.8. The normalized spacial score (nSPS) is 10.6. The number of hydrogen-bond donors (Lipinski definition) is 1. The molecule has 3 rings (SSSR count). The fourth-order valence-electron chi connectivity index (χ4n) is 3.16. The lowest BCUT2D eigenvalue weighted by Crippen LogP contribution is -2.31. The van der Waals surface area contributed by atoms with Gasteiger partial charge in [0.25, 0.3) is 11.8 Å². The summed E-state index contributed by atoms with van der Waals surface area (Å²) in [6.07, 6.45) is 0.0278. The average Bonchev–Trinajstić information content (AvgIpc) is 2.76. The Hall–Kier alpha value is -3.12. The van der Waals surface area contributed by atoms with Gasteiger partial charge in [-0.3, -0.25) is 9.59 Å². The molecule has 6 heteroatoms. The van der Waals surface area contributed by atoms with Crippen LogP contribution < -0.4 is 15.0 Å². The molecular formula is C25H25BrN2O3. The first-order valence-electron chi connectivity index (χ1n) is 10.1. The molecule has 0 aromatic heterocycles. The number of ether oxygens (including phenoxy) is 1. The summed E-state index contributed by atoms with van der Waals surface area (Å²) >= 11 is 3.46. The number of nitrogens with one attached hydrogen (secondary N) is 1. The predicted octanol–water partition coefficient (Wildman–Crippen LogP) is 6.16. The van der Waals surface area contributed by atoms with Crippen LogP contribution in [-0.2, 0) is 0 Å². The van der Waals surface area contributed by atoms with Crippen molar-refractivity contribution in [2.75, 3.05) is 16.8 Å². The predicted molar refractivity (Wildman–Crippen MR) is 128 cm³/mol. The summed E-state index contributed by atoms with van der Waals surface area (Å²) in [5.74, 6) is 0.190. The van der Waals surface area contributed by atoms with Gasteiger partial charge in [0, 0.05) is 17.8 Å². The van der Waals surface area contributed by atoms with Crippen molar-refractivity contribution in [2.45, 2.75) is 26.9 Å². The highest BCUT2D eigenvalue weighted by Crippen LogP contribution is 2.28. The van der Waals surface area contributed by atoms with Crippen LogP contribution in [0.4, 0.5) is 11.4 Å². The number of para-hydroxylation sites is 2. The van der Waals surface area contributed by atoms with Crippen LogP contribution in [0.1, 0.15) is 41.5 Å². The maximum absolute atomic E-state index is 13.3. The summed E-state index contributed by atoms with van der Waals surface area (Å²) in [5.41, 5.74) is 2.16. The van der Waals surface area contributed by atoms with E-state index in [0.29, 0.717) is 33.6 Å². The van der Waals surface area contributed by atoms with Gasteiger partial charge in [0.1, 0.15) is 5.75 Å². The highest BCUT2D eigenvalue weighted by atomic mass is 79.9. The molecule has 0 aliphatic heterocycles. The molecule has 0 spiro atoms. The molecule has 3 aromatic carbocycles. The van der Waals surface area contributed by atoms with Gasteiger partial charge in [0.05, 0.1) is 21.8 Å². The molecule has 0 heterocycles. The van der Waals surface area contributed by atoms with E-state index in [-0.39, 0.29) is 17.9 Å². The van der Waals surface area contributed by atoms with E-state index in [9.17, 15) is 9.59 Å². The van der Waals surface area contributed by atoms with Crippen molar-refractivity contribution in [3.05, 3.63) is 88.4 Å². The largest absolute Gasteiger partial charge is 0.490 e. The third-order valence-corrected chi connectivity index (χ3v) is 5.21. The molecule has 0 bridgehead atoms. The molecule has 160 valence electrons. The molecule has 0 unspecified atom stereocenters. The van der Waals surface area contributed by atoms with Gasteiger partial charge in [-0.2, -0.15) is 0 Å². The zero-order chi connectivity index (χ0) is 22.4. The van der Waals surface area contributed by atoms with Gasteiger partial charge >= 0.3 is 0 Å². The molecule has 2 amide bonds. The van der Waals surface area contributed by atoms with Crippen molar-refractivity contribution in [1.82, 2.24) is 0 Å². The molecule has 0 saturated carbocycles. The third kappa shape index (κ3) is 5.52. The highest BCUT2D eigenvalue weighted by molar-refractivity contribution is 9.10. The van der Waals surface area contributed by atoms with Crippen LogP contribution >= 0.6 is 15.9 Å². The molecule has 5 nitrogen and oxygen atoms in total. The number of carbonyl (C=O) groups excluding carboxylic acids is 2. The van der Waals surface area contributed by atoms with Gasteiger partial charge in [-0.15, -0.1) is 0 Å². The Labute approximate surface area is 191 Å². The van der Waals surface area contributed by atoms with E-state index in [2.05, 4.69) is 21.2 Å².